The minimum atomic E-state index is -5.92. The fourth-order valence-corrected chi connectivity index (χ4v) is 10.2. The third kappa shape index (κ3) is 15.1. The average molecular weight is 1140 g/mol. The van der Waals surface area contributed by atoms with E-state index < -0.39 is 162 Å². The summed E-state index contributed by atoms with van der Waals surface area (Å²) in [5.74, 6) is -2.60. The van der Waals surface area contributed by atoms with Gasteiger partial charge in [0.2, 0.25) is 0 Å². The summed E-state index contributed by atoms with van der Waals surface area (Å²) in [6, 6.07) is 8.94. The Bertz CT molecular complexity index is 3910. The molecule has 0 saturated carbocycles. The van der Waals surface area contributed by atoms with Gasteiger partial charge in [-0.25, -0.2) is 42.1 Å². The van der Waals surface area contributed by atoms with E-state index in [1.54, 1.807) is 6.92 Å². The zero-order valence-corrected chi connectivity index (χ0v) is 51.8. The summed E-state index contributed by atoms with van der Waals surface area (Å²) in [6.45, 7) is 1.61. The van der Waals surface area contributed by atoms with Crippen LogP contribution >= 0.6 is 0 Å². The van der Waals surface area contributed by atoms with E-state index in [-0.39, 0.29) is 166 Å². The number of hydrogen-bond acceptors (Lipinski definition) is 26. The van der Waals surface area contributed by atoms with Crippen molar-refractivity contribution < 1.29 is 235 Å². The second-order valence-corrected chi connectivity index (χ2v) is 21.4. The predicted molar refractivity (Wildman–Crippen MR) is 214 cm³/mol. The average Bonchev–Trinajstić information content (AvgIpc) is 3.17. The Morgan fingerprint density at radius 2 is 1.06 bits per heavy atom. The van der Waals surface area contributed by atoms with Crippen LogP contribution in [0.25, 0.3) is 21.5 Å². The van der Waals surface area contributed by atoms with Gasteiger partial charge in [0, 0.05) is 34.4 Å². The first-order valence-corrected chi connectivity index (χ1v) is 25.3. The van der Waals surface area contributed by atoms with Crippen LogP contribution < -0.4 is 158 Å². The molecule has 0 amide bonds. The van der Waals surface area contributed by atoms with Crippen molar-refractivity contribution in [3.63, 3.8) is 0 Å². The quantitative estimate of drug-likeness (QED) is 0.0206. The standard InChI is InChI=1S/C33H24N6O21S6.5Na/c1-15-2-5-17(6-3-15)66(58,59)60-25-12-18(61(43,44)45)11-20-19(25)7-9-23(33(20)65(55,56)57)36-37-24-14-26(62(46,47)48)21-13-28(64(52,53)54)31(32(40)29(21)30(24)34)38-35-22-8-4-16(39(41)42)10-27(22)63(49,50)51;;;;;/h2-14,40H,34H2,1H3,(H,43,44,45)(H,46,47,48)(H,49,50,51)(H,52,53,54)(H,55,56,57);;;;;/q;5*+1/p-5. The molecule has 0 aliphatic heterocycles. The summed E-state index contributed by atoms with van der Waals surface area (Å²) in [6.07, 6.45) is 0. The van der Waals surface area contributed by atoms with E-state index in [4.69, 9.17) is 9.92 Å². The largest absolute Gasteiger partial charge is 1.00 e. The van der Waals surface area contributed by atoms with Gasteiger partial charge < -0.3 is 37.8 Å². The number of phenols is 1. The number of non-ortho nitro benzene ring substituents is 1. The number of nitro benzene ring substituents is 1. The van der Waals surface area contributed by atoms with Crippen LogP contribution in [0.2, 0.25) is 0 Å². The zero-order valence-electron chi connectivity index (χ0n) is 36.9. The number of anilines is 1. The van der Waals surface area contributed by atoms with Crippen molar-refractivity contribution in [3.05, 3.63) is 94.5 Å². The van der Waals surface area contributed by atoms with E-state index >= 15 is 0 Å². The number of phenolic OH excluding ortho intramolecular Hbond substituents is 1. The number of aryl methyl sites for hydroxylation is 1. The van der Waals surface area contributed by atoms with Crippen molar-refractivity contribution in [2.45, 2.75) is 36.3 Å². The van der Waals surface area contributed by atoms with E-state index in [2.05, 4.69) is 20.5 Å². The van der Waals surface area contributed by atoms with Crippen LogP contribution in [-0.2, 0) is 60.7 Å². The molecule has 0 aliphatic carbocycles. The second kappa shape index (κ2) is 24.6. The van der Waals surface area contributed by atoms with Crippen LogP contribution in [0.15, 0.2) is 129 Å². The first-order valence-electron chi connectivity index (χ1n) is 16.9. The molecule has 348 valence electrons. The molecule has 0 bridgehead atoms. The minimum absolute atomic E-state index is 0. The molecule has 0 spiro atoms. The van der Waals surface area contributed by atoms with Crippen molar-refractivity contribution in [3.8, 4) is 11.5 Å². The molecule has 6 rings (SSSR count). The van der Waals surface area contributed by atoms with Gasteiger partial charge in [0.25, 0.3) is 5.69 Å². The number of rotatable bonds is 13. The van der Waals surface area contributed by atoms with Crippen molar-refractivity contribution in [2.24, 2.45) is 20.5 Å². The number of nitrogen functional groups attached to an aromatic ring is 1. The van der Waals surface area contributed by atoms with Crippen molar-refractivity contribution in [2.75, 3.05) is 5.73 Å². The van der Waals surface area contributed by atoms with Crippen LogP contribution in [0.5, 0.6) is 11.5 Å². The molecular weight excluding hydrogens is 1120 g/mol. The van der Waals surface area contributed by atoms with E-state index in [0.29, 0.717) is 35.9 Å². The maximum absolute atomic E-state index is 13.2. The van der Waals surface area contributed by atoms with E-state index in [1.165, 1.54) is 12.1 Å². The predicted octanol–water partition coefficient (Wildman–Crippen LogP) is -11.4. The third-order valence-electron chi connectivity index (χ3n) is 8.85. The summed E-state index contributed by atoms with van der Waals surface area (Å²) in [5, 5.41) is 32.4. The maximum Gasteiger partial charge on any atom is 1.00 e. The van der Waals surface area contributed by atoms with Gasteiger partial charge in [-0.15, -0.1) is 20.5 Å². The normalized spacial score (nSPS) is 12.3. The van der Waals surface area contributed by atoms with Gasteiger partial charge in [-0.05, 0) is 55.5 Å². The molecule has 0 fully saturated rings. The number of benzene rings is 6. The molecule has 0 radical (unpaired) electrons. The SMILES string of the molecule is Cc1ccc(S(=O)(=O)Oc2cc(S(=O)(=O)[O-])cc3c(S(=O)(=O)[O-])c(N=Nc4cc(S(=O)(=O)[O-])c5cc(S(=O)(=O)[O-])c(N=Nc6ccc([N+](=O)[O-])cc6S(=O)(=O)[O-])c(O)c5c4N)ccc23)cc1.[Na+].[Na+].[Na+].[Na+].[Na+]. The number of azo groups is 2. The van der Waals surface area contributed by atoms with Crippen LogP contribution in [0.1, 0.15) is 5.56 Å². The smallest absolute Gasteiger partial charge is 0.744 e. The second-order valence-electron chi connectivity index (χ2n) is 13.2. The molecule has 0 atom stereocenters. The van der Waals surface area contributed by atoms with Crippen LogP contribution in [0.4, 0.5) is 34.1 Å². The van der Waals surface area contributed by atoms with Crippen LogP contribution in [-0.4, -0.2) is 83.3 Å². The Hall–Kier alpha value is -1.66. The van der Waals surface area contributed by atoms with E-state index in [9.17, 15) is 88.5 Å². The monoisotopic (exact) mass is 1140 g/mol. The van der Waals surface area contributed by atoms with E-state index in [1.807, 2.05) is 0 Å². The molecule has 6 aromatic carbocycles. The first-order chi connectivity index (χ1) is 30.2. The van der Waals surface area contributed by atoms with Gasteiger partial charge in [0.1, 0.15) is 78.2 Å². The van der Waals surface area contributed by atoms with Gasteiger partial charge in [-0.2, -0.15) is 8.42 Å². The minimum Gasteiger partial charge on any atom is -0.744 e. The Morgan fingerprint density at radius 3 is 1.56 bits per heavy atom. The topological polar surface area (TPSA) is 468 Å². The van der Waals surface area contributed by atoms with Crippen LogP contribution in [0.3, 0.4) is 0 Å². The Balaban J connectivity index is 0.00000504. The summed E-state index contributed by atoms with van der Waals surface area (Å²) < 4.78 is 217. The zero-order chi connectivity index (χ0) is 49.3. The molecule has 71 heavy (non-hydrogen) atoms. The van der Waals surface area contributed by atoms with Gasteiger partial charge in [0.15, 0.2) is 11.5 Å². The summed E-state index contributed by atoms with van der Waals surface area (Å²) >= 11 is 0. The summed E-state index contributed by atoms with van der Waals surface area (Å²) in [5.41, 5.74) is 0.152. The molecule has 0 aliphatic rings. The molecule has 0 heterocycles. The fraction of sp³-hybridized carbons (Fsp3) is 0.0303. The van der Waals surface area contributed by atoms with Crippen LogP contribution in [0, 0.1) is 17.0 Å². The first kappa shape index (κ1) is 67.4. The maximum atomic E-state index is 13.2. The van der Waals surface area contributed by atoms with E-state index in [0.717, 1.165) is 18.2 Å². The molecule has 3 N–H and O–H groups in total. The number of nitrogens with zero attached hydrogens (tertiary/aromatic N) is 5. The Labute approximate surface area is 512 Å². The summed E-state index contributed by atoms with van der Waals surface area (Å²) in [7, 11) is -33.8. The van der Waals surface area contributed by atoms with Crippen molar-refractivity contribution >= 4 is 116 Å². The summed E-state index contributed by atoms with van der Waals surface area (Å²) in [4.78, 5) is 2.15. The molecule has 6 aromatic rings. The molecule has 0 saturated heterocycles. The van der Waals surface area contributed by atoms with Crippen molar-refractivity contribution in [1.82, 2.24) is 0 Å². The number of hydrogen-bond donors (Lipinski definition) is 2. The molecule has 0 aromatic heterocycles. The number of nitrogens with two attached hydrogens (primary N) is 1. The van der Waals surface area contributed by atoms with Gasteiger partial charge in [-0.3, -0.25) is 10.1 Å². The number of nitro groups is 1. The number of aromatic hydroxyl groups is 1. The van der Waals surface area contributed by atoms with Gasteiger partial charge in [0.05, 0.1) is 40.5 Å². The third-order valence-corrected chi connectivity index (χ3v) is 14.4. The molecule has 27 nitrogen and oxygen atoms in total. The van der Waals surface area contributed by atoms with Crippen molar-refractivity contribution in [1.29, 1.82) is 0 Å². The Kier molecular flexibility index (Phi) is 23.3. The molecule has 38 heteroatoms. The Morgan fingerprint density at radius 1 is 0.535 bits per heavy atom. The number of fused-ring (bicyclic) bond motifs is 2. The fourth-order valence-electron chi connectivity index (χ4n) is 5.96. The van der Waals surface area contributed by atoms with Gasteiger partial charge in [-0.1, -0.05) is 17.7 Å². The molecule has 0 unspecified atom stereocenters. The van der Waals surface area contributed by atoms with Gasteiger partial charge >= 0.3 is 158 Å². The molecular formula is C33H19N6Na5O21S6.